The summed E-state index contributed by atoms with van der Waals surface area (Å²) in [4.78, 5) is 0. The molecule has 2 rings (SSSR count). The molecule has 0 radical (unpaired) electrons. The quantitative estimate of drug-likeness (QED) is 0.750. The van der Waals surface area contributed by atoms with Gasteiger partial charge in [0.25, 0.3) is 0 Å². The lowest BCUT2D eigenvalue weighted by atomic mass is 9.96. The van der Waals surface area contributed by atoms with Gasteiger partial charge in [-0.25, -0.2) is 0 Å². The number of benzene rings is 1. The van der Waals surface area contributed by atoms with Crippen LogP contribution in [0.3, 0.4) is 0 Å². The Balaban J connectivity index is 2.65. The highest BCUT2D eigenvalue weighted by Gasteiger charge is 2.43. The molecule has 1 fully saturated rings. The molecule has 0 bridgehead atoms. The molecule has 3 heteroatoms. The van der Waals surface area contributed by atoms with E-state index in [2.05, 4.69) is 0 Å². The van der Waals surface area contributed by atoms with E-state index in [1.54, 1.807) is 0 Å². The highest BCUT2D eigenvalue weighted by atomic mass is 35.5. The Morgan fingerprint density at radius 1 is 1.36 bits per heavy atom. The summed E-state index contributed by atoms with van der Waals surface area (Å²) in [7, 11) is 0. The summed E-state index contributed by atoms with van der Waals surface area (Å²) in [6.45, 7) is 3.85. The number of phenols is 1. The number of aryl methyl sites for hydroxylation is 2. The van der Waals surface area contributed by atoms with Crippen LogP contribution in [0.5, 0.6) is 5.75 Å². The molecule has 0 aliphatic heterocycles. The molecule has 3 N–H and O–H groups in total. The Hall–Kier alpha value is -0.730. The van der Waals surface area contributed by atoms with Crippen molar-refractivity contribution in [1.29, 1.82) is 0 Å². The maximum absolute atomic E-state index is 9.92. The van der Waals surface area contributed by atoms with Crippen molar-refractivity contribution in [3.05, 3.63) is 27.8 Å². The standard InChI is InChI=1S/C11H14ClNO/c1-6-5-7(2)9(12)10(14)8(6)11(13)3-4-11/h5,14H,3-4,13H2,1-2H3. The molecule has 1 aromatic carbocycles. The summed E-state index contributed by atoms with van der Waals surface area (Å²) in [5.74, 6) is 0.171. The minimum Gasteiger partial charge on any atom is -0.506 e. The van der Waals surface area contributed by atoms with Crippen molar-refractivity contribution < 1.29 is 5.11 Å². The topological polar surface area (TPSA) is 46.2 Å². The number of hydrogen-bond donors (Lipinski definition) is 2. The highest BCUT2D eigenvalue weighted by molar-refractivity contribution is 6.33. The van der Waals surface area contributed by atoms with Crippen LogP contribution in [0.4, 0.5) is 0 Å². The van der Waals surface area contributed by atoms with Crippen molar-refractivity contribution in [2.24, 2.45) is 5.73 Å². The van der Waals surface area contributed by atoms with Gasteiger partial charge in [0.1, 0.15) is 5.75 Å². The summed E-state index contributed by atoms with van der Waals surface area (Å²) < 4.78 is 0. The van der Waals surface area contributed by atoms with Crippen LogP contribution in [0.1, 0.15) is 29.5 Å². The molecule has 0 spiro atoms. The SMILES string of the molecule is Cc1cc(C)c(C2(N)CC2)c(O)c1Cl. The lowest BCUT2D eigenvalue weighted by Crippen LogP contribution is -2.20. The first kappa shape index (κ1) is 9.81. The van der Waals surface area contributed by atoms with E-state index >= 15 is 0 Å². The molecule has 0 aromatic heterocycles. The third kappa shape index (κ3) is 1.30. The molecule has 76 valence electrons. The fraction of sp³-hybridized carbons (Fsp3) is 0.455. The largest absolute Gasteiger partial charge is 0.506 e. The Labute approximate surface area is 88.7 Å². The predicted octanol–water partition coefficient (Wildman–Crippen LogP) is 2.61. The van der Waals surface area contributed by atoms with E-state index in [9.17, 15) is 5.11 Å². The second kappa shape index (κ2) is 2.88. The Bertz CT molecular complexity index is 397. The van der Waals surface area contributed by atoms with Gasteiger partial charge in [0.15, 0.2) is 0 Å². The van der Waals surface area contributed by atoms with Crippen molar-refractivity contribution in [2.75, 3.05) is 0 Å². The second-order valence-corrected chi connectivity index (χ2v) is 4.58. The minimum atomic E-state index is -0.328. The van der Waals surface area contributed by atoms with E-state index in [1.807, 2.05) is 19.9 Å². The van der Waals surface area contributed by atoms with Gasteiger partial charge >= 0.3 is 0 Å². The number of halogens is 1. The lowest BCUT2D eigenvalue weighted by molar-refractivity contribution is 0.458. The molecule has 0 amide bonds. The summed E-state index contributed by atoms with van der Waals surface area (Å²) in [5.41, 5.74) is 8.50. The van der Waals surface area contributed by atoms with Gasteiger partial charge in [0, 0.05) is 11.1 Å². The maximum atomic E-state index is 9.92. The van der Waals surface area contributed by atoms with E-state index in [4.69, 9.17) is 17.3 Å². The van der Waals surface area contributed by atoms with Crippen LogP contribution >= 0.6 is 11.6 Å². The van der Waals surface area contributed by atoms with Gasteiger partial charge in [0.05, 0.1) is 5.02 Å². The Kier molecular flexibility index (Phi) is 2.02. The Morgan fingerprint density at radius 3 is 2.43 bits per heavy atom. The third-order valence-corrected chi connectivity index (χ3v) is 3.38. The molecular weight excluding hydrogens is 198 g/mol. The molecule has 2 nitrogen and oxygen atoms in total. The molecule has 0 atom stereocenters. The van der Waals surface area contributed by atoms with Gasteiger partial charge in [-0.05, 0) is 37.8 Å². The zero-order valence-corrected chi connectivity index (χ0v) is 9.15. The van der Waals surface area contributed by atoms with Crippen LogP contribution in [0.15, 0.2) is 6.07 Å². The monoisotopic (exact) mass is 211 g/mol. The molecule has 1 aliphatic rings. The summed E-state index contributed by atoms with van der Waals surface area (Å²) in [5, 5.41) is 10.4. The first-order valence-corrected chi connectivity index (χ1v) is 5.11. The number of phenolic OH excluding ortho intramolecular Hbond substituents is 1. The normalized spacial score (nSPS) is 18.3. The van der Waals surface area contributed by atoms with Crippen LogP contribution in [0.2, 0.25) is 5.02 Å². The van der Waals surface area contributed by atoms with Gasteiger partial charge in [-0.3, -0.25) is 0 Å². The fourth-order valence-electron chi connectivity index (χ4n) is 1.96. The molecule has 0 saturated heterocycles. The number of hydrogen-bond acceptors (Lipinski definition) is 2. The molecule has 1 saturated carbocycles. The highest BCUT2D eigenvalue weighted by Crippen LogP contribution is 2.50. The smallest absolute Gasteiger partial charge is 0.139 e. The van der Waals surface area contributed by atoms with Gasteiger partial charge in [-0.1, -0.05) is 17.7 Å². The molecule has 14 heavy (non-hydrogen) atoms. The van der Waals surface area contributed by atoms with E-state index in [1.165, 1.54) is 0 Å². The molecule has 0 heterocycles. The molecule has 1 aliphatic carbocycles. The summed E-state index contributed by atoms with van der Waals surface area (Å²) in [6.07, 6.45) is 1.86. The number of nitrogens with two attached hydrogens (primary N) is 1. The van der Waals surface area contributed by atoms with E-state index in [0.29, 0.717) is 5.02 Å². The van der Waals surface area contributed by atoms with E-state index in [0.717, 1.165) is 29.5 Å². The van der Waals surface area contributed by atoms with Crippen molar-refractivity contribution in [1.82, 2.24) is 0 Å². The first-order chi connectivity index (χ1) is 6.46. The number of aromatic hydroxyl groups is 1. The number of rotatable bonds is 1. The van der Waals surface area contributed by atoms with Crippen LogP contribution < -0.4 is 5.73 Å². The average molecular weight is 212 g/mol. The average Bonchev–Trinajstić information content (AvgIpc) is 2.80. The lowest BCUT2D eigenvalue weighted by Gasteiger charge is -2.17. The van der Waals surface area contributed by atoms with Crippen molar-refractivity contribution >= 4 is 11.6 Å². The molecule has 1 aromatic rings. The summed E-state index contributed by atoms with van der Waals surface area (Å²) in [6, 6.07) is 1.98. The van der Waals surface area contributed by atoms with Crippen molar-refractivity contribution in [3.63, 3.8) is 0 Å². The van der Waals surface area contributed by atoms with E-state index < -0.39 is 0 Å². The molecular formula is C11H14ClNO. The minimum absolute atomic E-state index is 0.171. The van der Waals surface area contributed by atoms with Gasteiger partial charge in [0.2, 0.25) is 0 Å². The van der Waals surface area contributed by atoms with Gasteiger partial charge < -0.3 is 10.8 Å². The first-order valence-electron chi connectivity index (χ1n) is 4.74. The van der Waals surface area contributed by atoms with E-state index in [-0.39, 0.29) is 11.3 Å². The van der Waals surface area contributed by atoms with Gasteiger partial charge in [-0.15, -0.1) is 0 Å². The fourth-order valence-corrected chi connectivity index (χ4v) is 2.11. The van der Waals surface area contributed by atoms with Crippen LogP contribution in [0.25, 0.3) is 0 Å². The van der Waals surface area contributed by atoms with Gasteiger partial charge in [-0.2, -0.15) is 0 Å². The third-order valence-electron chi connectivity index (χ3n) is 2.90. The molecule has 0 unspecified atom stereocenters. The van der Waals surface area contributed by atoms with Crippen molar-refractivity contribution in [2.45, 2.75) is 32.2 Å². The summed E-state index contributed by atoms with van der Waals surface area (Å²) >= 11 is 5.98. The zero-order valence-electron chi connectivity index (χ0n) is 8.39. The maximum Gasteiger partial charge on any atom is 0.139 e. The van der Waals surface area contributed by atoms with Crippen molar-refractivity contribution in [3.8, 4) is 5.75 Å². The second-order valence-electron chi connectivity index (χ2n) is 4.20. The predicted molar refractivity (Wildman–Crippen MR) is 57.7 cm³/mol. The zero-order chi connectivity index (χ0) is 10.5. The van der Waals surface area contributed by atoms with Crippen LogP contribution in [0, 0.1) is 13.8 Å². The van der Waals surface area contributed by atoms with Crippen LogP contribution in [-0.2, 0) is 5.54 Å². The van der Waals surface area contributed by atoms with Crippen LogP contribution in [-0.4, -0.2) is 5.11 Å². The Morgan fingerprint density at radius 2 is 1.93 bits per heavy atom.